The minimum atomic E-state index is -0.0790. The highest BCUT2D eigenvalue weighted by Crippen LogP contribution is 2.36. The Kier molecular flexibility index (Phi) is 7.84. The van der Waals surface area contributed by atoms with Crippen molar-refractivity contribution in [3.05, 3.63) is 64.9 Å². The van der Waals surface area contributed by atoms with Crippen LogP contribution in [-0.4, -0.2) is 34.1 Å². The Morgan fingerprint density at radius 2 is 2.19 bits per heavy atom. The van der Waals surface area contributed by atoms with Gasteiger partial charge in [-0.2, -0.15) is 0 Å². The van der Waals surface area contributed by atoms with Gasteiger partial charge in [-0.05, 0) is 42.5 Å². The maximum Gasteiger partial charge on any atom is 0.252 e. The van der Waals surface area contributed by atoms with Gasteiger partial charge >= 0.3 is 0 Å². The molecule has 0 N–H and O–H groups in total. The minimum absolute atomic E-state index is 0. The van der Waals surface area contributed by atoms with Crippen LogP contribution in [0.4, 0.5) is 5.13 Å². The van der Waals surface area contributed by atoms with Crippen molar-refractivity contribution in [2.75, 3.05) is 18.6 Å². The second-order valence-electron chi connectivity index (χ2n) is 6.75. The van der Waals surface area contributed by atoms with Gasteiger partial charge in [-0.1, -0.05) is 23.5 Å². The van der Waals surface area contributed by atoms with E-state index in [1.54, 1.807) is 41.9 Å². The number of imidazole rings is 1. The molecule has 0 aliphatic heterocycles. The molecule has 0 radical (unpaired) electrons. The van der Waals surface area contributed by atoms with Crippen LogP contribution in [0.15, 0.2) is 54.4 Å². The molecule has 1 amide bonds. The van der Waals surface area contributed by atoms with Gasteiger partial charge in [0, 0.05) is 36.4 Å². The van der Waals surface area contributed by atoms with Crippen molar-refractivity contribution < 1.29 is 9.53 Å². The molecule has 3 heterocycles. The fourth-order valence-corrected chi connectivity index (χ4v) is 4.84. The standard InChI is InChI=1S/C22H22N4O2S2.ClH/c1-16-6-8-18(28-2)20-21(16)30-22(24-20)26(12-4-11-25-13-10-23-15-25)19(27)9-7-17-5-3-14-29-17;/h3,5-10,13-15H,4,11-12H2,1-2H3;1H/b9-7+;. The van der Waals surface area contributed by atoms with Gasteiger partial charge in [0.05, 0.1) is 18.1 Å². The molecule has 1 aromatic carbocycles. The van der Waals surface area contributed by atoms with E-state index < -0.39 is 0 Å². The third kappa shape index (κ3) is 5.33. The number of methoxy groups -OCH3 is 1. The third-order valence-electron chi connectivity index (χ3n) is 4.70. The van der Waals surface area contributed by atoms with Crippen molar-refractivity contribution in [1.82, 2.24) is 14.5 Å². The largest absolute Gasteiger partial charge is 0.494 e. The van der Waals surface area contributed by atoms with Crippen molar-refractivity contribution in [2.24, 2.45) is 0 Å². The van der Waals surface area contributed by atoms with E-state index >= 15 is 0 Å². The molecule has 0 aliphatic carbocycles. The van der Waals surface area contributed by atoms with Crippen LogP contribution >= 0.6 is 35.1 Å². The number of hydrogen-bond acceptors (Lipinski definition) is 6. The molecule has 4 aromatic rings. The summed E-state index contributed by atoms with van der Waals surface area (Å²) in [7, 11) is 1.64. The van der Waals surface area contributed by atoms with Crippen molar-refractivity contribution in [2.45, 2.75) is 19.9 Å². The molecule has 3 aromatic heterocycles. The molecule has 0 saturated heterocycles. The fraction of sp³-hybridized carbons (Fsp3) is 0.227. The molecule has 0 atom stereocenters. The molecule has 162 valence electrons. The van der Waals surface area contributed by atoms with Gasteiger partial charge in [0.25, 0.3) is 5.91 Å². The zero-order chi connectivity index (χ0) is 20.9. The highest BCUT2D eigenvalue weighted by Gasteiger charge is 2.20. The zero-order valence-corrected chi connectivity index (χ0v) is 19.7. The van der Waals surface area contributed by atoms with E-state index in [-0.39, 0.29) is 18.3 Å². The monoisotopic (exact) mass is 474 g/mol. The number of aryl methyl sites for hydroxylation is 2. The number of hydrogen-bond donors (Lipinski definition) is 0. The first-order valence-electron chi connectivity index (χ1n) is 9.58. The summed E-state index contributed by atoms with van der Waals surface area (Å²) in [5, 5.41) is 2.68. The van der Waals surface area contributed by atoms with Crippen LogP contribution in [0, 0.1) is 6.92 Å². The number of ether oxygens (including phenoxy) is 1. The van der Waals surface area contributed by atoms with Gasteiger partial charge in [0.15, 0.2) is 5.13 Å². The van der Waals surface area contributed by atoms with Crippen LogP contribution in [0.2, 0.25) is 0 Å². The number of amides is 1. The second-order valence-corrected chi connectivity index (χ2v) is 8.71. The average molecular weight is 475 g/mol. The lowest BCUT2D eigenvalue weighted by atomic mass is 10.2. The predicted octanol–water partition coefficient (Wildman–Crippen LogP) is 5.43. The molecule has 0 bridgehead atoms. The number of thiazole rings is 1. The summed E-state index contributed by atoms with van der Waals surface area (Å²) in [5.74, 6) is 0.641. The lowest BCUT2D eigenvalue weighted by Crippen LogP contribution is -2.30. The number of carbonyl (C=O) groups excluding carboxylic acids is 1. The average Bonchev–Trinajstić information content (AvgIpc) is 3.52. The maximum absolute atomic E-state index is 13.1. The lowest BCUT2D eigenvalue weighted by molar-refractivity contribution is -0.114. The number of nitrogens with zero attached hydrogens (tertiary/aromatic N) is 4. The first-order valence-corrected chi connectivity index (χ1v) is 11.3. The van der Waals surface area contributed by atoms with E-state index in [1.807, 2.05) is 53.4 Å². The third-order valence-corrected chi connectivity index (χ3v) is 6.75. The van der Waals surface area contributed by atoms with Gasteiger partial charge in [0.2, 0.25) is 0 Å². The van der Waals surface area contributed by atoms with Gasteiger partial charge in [-0.15, -0.1) is 23.7 Å². The Bertz CT molecular complexity index is 1150. The summed E-state index contributed by atoms with van der Waals surface area (Å²) < 4.78 is 8.53. The molecule has 6 nitrogen and oxygen atoms in total. The summed E-state index contributed by atoms with van der Waals surface area (Å²) in [6.07, 6.45) is 9.74. The Balaban J connectivity index is 0.00000272. The number of benzene rings is 1. The van der Waals surface area contributed by atoms with Crippen LogP contribution in [0.1, 0.15) is 16.9 Å². The molecule has 0 saturated carbocycles. The SMILES string of the molecule is COc1ccc(C)c2sc(N(CCCn3ccnc3)C(=O)/C=C/c3cccs3)nc12.Cl. The first-order chi connectivity index (χ1) is 14.7. The minimum Gasteiger partial charge on any atom is -0.494 e. The summed E-state index contributed by atoms with van der Waals surface area (Å²) >= 11 is 3.13. The molecule has 31 heavy (non-hydrogen) atoms. The Labute approximate surface area is 195 Å². The summed E-state index contributed by atoms with van der Waals surface area (Å²) in [6, 6.07) is 7.90. The van der Waals surface area contributed by atoms with E-state index in [2.05, 4.69) is 4.98 Å². The second kappa shape index (κ2) is 10.6. The van der Waals surface area contributed by atoms with Gasteiger partial charge in [-0.25, -0.2) is 9.97 Å². The summed E-state index contributed by atoms with van der Waals surface area (Å²) in [4.78, 5) is 24.8. The highest BCUT2D eigenvalue weighted by molar-refractivity contribution is 7.22. The summed E-state index contributed by atoms with van der Waals surface area (Å²) in [5.41, 5.74) is 1.92. The van der Waals surface area contributed by atoms with E-state index in [0.717, 1.165) is 39.4 Å². The predicted molar refractivity (Wildman–Crippen MR) is 131 cm³/mol. The van der Waals surface area contributed by atoms with E-state index in [1.165, 1.54) is 11.3 Å². The highest BCUT2D eigenvalue weighted by atomic mass is 35.5. The number of fused-ring (bicyclic) bond motifs is 1. The summed E-state index contributed by atoms with van der Waals surface area (Å²) in [6.45, 7) is 3.39. The number of halogens is 1. The van der Waals surface area contributed by atoms with E-state index in [0.29, 0.717) is 11.7 Å². The van der Waals surface area contributed by atoms with Crippen LogP contribution in [0.5, 0.6) is 5.75 Å². The van der Waals surface area contributed by atoms with E-state index in [4.69, 9.17) is 9.72 Å². The number of carbonyl (C=O) groups is 1. The van der Waals surface area contributed by atoms with Gasteiger partial charge < -0.3 is 9.30 Å². The molecule has 9 heteroatoms. The maximum atomic E-state index is 13.1. The fourth-order valence-electron chi connectivity index (χ4n) is 3.14. The van der Waals surface area contributed by atoms with Crippen LogP contribution in [0.3, 0.4) is 0 Å². The topological polar surface area (TPSA) is 60.2 Å². The quantitative estimate of drug-likeness (QED) is 0.319. The Morgan fingerprint density at radius 1 is 1.32 bits per heavy atom. The van der Waals surface area contributed by atoms with Crippen molar-refractivity contribution in [3.8, 4) is 5.75 Å². The van der Waals surface area contributed by atoms with Crippen LogP contribution in [0.25, 0.3) is 16.3 Å². The van der Waals surface area contributed by atoms with Crippen molar-refractivity contribution in [3.63, 3.8) is 0 Å². The number of rotatable bonds is 8. The number of anilines is 1. The smallest absolute Gasteiger partial charge is 0.252 e. The lowest BCUT2D eigenvalue weighted by Gasteiger charge is -2.18. The molecular weight excluding hydrogens is 452 g/mol. The van der Waals surface area contributed by atoms with E-state index in [9.17, 15) is 4.79 Å². The van der Waals surface area contributed by atoms with Crippen molar-refractivity contribution >= 4 is 62.4 Å². The molecular formula is C22H23ClN4O2S2. The molecule has 0 spiro atoms. The number of aromatic nitrogens is 3. The zero-order valence-electron chi connectivity index (χ0n) is 17.2. The molecule has 0 fully saturated rings. The van der Waals surface area contributed by atoms with Gasteiger partial charge in [-0.3, -0.25) is 9.69 Å². The van der Waals surface area contributed by atoms with Crippen LogP contribution in [-0.2, 0) is 11.3 Å². The number of thiophene rings is 1. The van der Waals surface area contributed by atoms with Crippen LogP contribution < -0.4 is 9.64 Å². The van der Waals surface area contributed by atoms with Gasteiger partial charge in [0.1, 0.15) is 11.3 Å². The van der Waals surface area contributed by atoms with Crippen molar-refractivity contribution in [1.29, 1.82) is 0 Å². The normalized spacial score (nSPS) is 11.0. The molecule has 4 rings (SSSR count). The Morgan fingerprint density at radius 3 is 2.90 bits per heavy atom. The molecule has 0 unspecified atom stereocenters. The first kappa shape index (κ1) is 23.0. The molecule has 0 aliphatic rings. The Hall–Kier alpha value is -2.68.